The normalized spacial score (nSPS) is 29.7. The molecule has 162 valence electrons. The summed E-state index contributed by atoms with van der Waals surface area (Å²) in [7, 11) is 0. The van der Waals surface area contributed by atoms with Crippen LogP contribution in [-0.4, -0.2) is 28.1 Å². The van der Waals surface area contributed by atoms with Crippen LogP contribution in [0.1, 0.15) is 45.8 Å². The van der Waals surface area contributed by atoms with Gasteiger partial charge in [0.1, 0.15) is 5.76 Å². The van der Waals surface area contributed by atoms with E-state index in [4.69, 9.17) is 4.74 Å². The summed E-state index contributed by atoms with van der Waals surface area (Å²) < 4.78 is 46.6. The quantitative estimate of drug-likeness (QED) is 0.725. The molecule has 1 aliphatic carbocycles. The molecular weight excluding hydrogens is 407 g/mol. The van der Waals surface area contributed by atoms with E-state index in [1.54, 1.807) is 0 Å². The Morgan fingerprint density at radius 3 is 2.45 bits per heavy atom. The molecule has 0 spiro atoms. The predicted molar refractivity (Wildman–Crippen MR) is 107 cm³/mol. The SMILES string of the molecule is Cc1cc(C)c(C2=C(O)[C@@H]3C4OC(CC4c4ncccc4C(F)(F)F)[C@@H]3C2=O)c(C)c1. The maximum absolute atomic E-state index is 13.6. The van der Waals surface area contributed by atoms with Crippen LogP contribution in [0.2, 0.25) is 0 Å². The topological polar surface area (TPSA) is 59.4 Å². The van der Waals surface area contributed by atoms with Crippen molar-refractivity contribution in [2.75, 3.05) is 0 Å². The molecule has 3 unspecified atom stereocenters. The summed E-state index contributed by atoms with van der Waals surface area (Å²) in [6, 6.07) is 6.20. The van der Waals surface area contributed by atoms with Crippen LogP contribution in [0.15, 0.2) is 36.2 Å². The highest BCUT2D eigenvalue weighted by molar-refractivity contribution is 6.26. The fraction of sp³-hybridized carbons (Fsp3) is 0.417. The summed E-state index contributed by atoms with van der Waals surface area (Å²) in [5.41, 5.74) is 2.99. The van der Waals surface area contributed by atoms with Gasteiger partial charge >= 0.3 is 6.18 Å². The number of carbonyl (C=O) groups is 1. The number of aryl methyl sites for hydroxylation is 3. The van der Waals surface area contributed by atoms with Crippen LogP contribution in [0.4, 0.5) is 13.2 Å². The van der Waals surface area contributed by atoms with Crippen LogP contribution < -0.4 is 0 Å². The Kier molecular flexibility index (Phi) is 4.35. The second-order valence-corrected chi connectivity index (χ2v) is 8.87. The van der Waals surface area contributed by atoms with Gasteiger partial charge in [0.25, 0.3) is 0 Å². The van der Waals surface area contributed by atoms with E-state index in [1.165, 1.54) is 12.3 Å². The first-order valence-corrected chi connectivity index (χ1v) is 10.3. The molecule has 0 amide bonds. The number of ketones is 1. The van der Waals surface area contributed by atoms with Crippen molar-refractivity contribution in [2.45, 2.75) is 51.5 Å². The Balaban J connectivity index is 1.58. The lowest BCUT2D eigenvalue weighted by atomic mass is 9.73. The number of aliphatic hydroxyl groups is 1. The van der Waals surface area contributed by atoms with Gasteiger partial charge in [0, 0.05) is 12.1 Å². The van der Waals surface area contributed by atoms with Gasteiger partial charge in [-0.15, -0.1) is 0 Å². The zero-order chi connectivity index (χ0) is 22.2. The van der Waals surface area contributed by atoms with Gasteiger partial charge in [0.2, 0.25) is 0 Å². The number of hydrogen-bond donors (Lipinski definition) is 1. The highest BCUT2D eigenvalue weighted by atomic mass is 19.4. The molecule has 2 aliphatic heterocycles. The van der Waals surface area contributed by atoms with Gasteiger partial charge in [0.05, 0.1) is 40.9 Å². The van der Waals surface area contributed by atoms with Gasteiger partial charge in [-0.05, 0) is 56.0 Å². The fourth-order valence-electron chi connectivity index (χ4n) is 5.90. The molecule has 7 heteroatoms. The van der Waals surface area contributed by atoms with Crippen molar-refractivity contribution in [1.29, 1.82) is 0 Å². The minimum atomic E-state index is -4.53. The summed E-state index contributed by atoms with van der Waals surface area (Å²) in [4.78, 5) is 17.4. The Morgan fingerprint density at radius 1 is 1.13 bits per heavy atom. The monoisotopic (exact) mass is 429 g/mol. The summed E-state index contributed by atoms with van der Waals surface area (Å²) in [6.45, 7) is 5.76. The molecule has 1 aromatic carbocycles. The number of Topliss-reactive ketones (excluding diaryl/α,β-unsaturated/α-hetero) is 1. The minimum absolute atomic E-state index is 0.0632. The minimum Gasteiger partial charge on any atom is -0.511 e. The van der Waals surface area contributed by atoms with E-state index in [2.05, 4.69) is 4.98 Å². The van der Waals surface area contributed by atoms with Crippen molar-refractivity contribution >= 4 is 11.4 Å². The third-order valence-electron chi connectivity index (χ3n) is 6.90. The van der Waals surface area contributed by atoms with Gasteiger partial charge in [-0.3, -0.25) is 9.78 Å². The number of ether oxygens (including phenoxy) is 1. The van der Waals surface area contributed by atoms with Crippen molar-refractivity contribution in [2.24, 2.45) is 11.8 Å². The third kappa shape index (κ3) is 2.86. The van der Waals surface area contributed by atoms with Crippen molar-refractivity contribution < 1.29 is 27.8 Å². The number of halogens is 3. The number of alkyl halides is 3. The van der Waals surface area contributed by atoms with E-state index in [1.807, 2.05) is 32.9 Å². The van der Waals surface area contributed by atoms with Crippen molar-refractivity contribution in [3.8, 4) is 0 Å². The van der Waals surface area contributed by atoms with Gasteiger partial charge in [-0.1, -0.05) is 17.7 Å². The molecule has 31 heavy (non-hydrogen) atoms. The molecule has 1 aromatic heterocycles. The van der Waals surface area contributed by atoms with Gasteiger partial charge in [0.15, 0.2) is 5.78 Å². The number of nitrogens with zero attached hydrogens (tertiary/aromatic N) is 1. The molecule has 4 nitrogen and oxygen atoms in total. The number of aliphatic hydroxyl groups excluding tert-OH is 1. The lowest BCUT2D eigenvalue weighted by Crippen LogP contribution is -2.34. The van der Waals surface area contributed by atoms with Crippen molar-refractivity contribution in [3.63, 3.8) is 0 Å². The van der Waals surface area contributed by atoms with Crippen LogP contribution in [0.25, 0.3) is 5.57 Å². The lowest BCUT2D eigenvalue weighted by Gasteiger charge is -2.28. The average molecular weight is 429 g/mol. The van der Waals surface area contributed by atoms with Crippen LogP contribution >= 0.6 is 0 Å². The summed E-state index contributed by atoms with van der Waals surface area (Å²) >= 11 is 0. The molecule has 2 saturated heterocycles. The molecule has 2 aromatic rings. The summed E-state index contributed by atoms with van der Waals surface area (Å²) in [5.74, 6) is -2.07. The molecule has 3 heterocycles. The highest BCUT2D eigenvalue weighted by Gasteiger charge is 2.63. The summed E-state index contributed by atoms with van der Waals surface area (Å²) in [5, 5.41) is 11.2. The Morgan fingerprint density at radius 2 is 1.81 bits per heavy atom. The first-order valence-electron chi connectivity index (χ1n) is 10.3. The van der Waals surface area contributed by atoms with Crippen LogP contribution in [0, 0.1) is 32.6 Å². The molecule has 3 aliphatic rings. The molecule has 1 N–H and O–H groups in total. The Bertz CT molecular complexity index is 1110. The molecule has 0 saturated carbocycles. The number of hydrogen-bond acceptors (Lipinski definition) is 4. The van der Waals surface area contributed by atoms with E-state index >= 15 is 0 Å². The molecular formula is C24H22F3NO3. The smallest absolute Gasteiger partial charge is 0.418 e. The van der Waals surface area contributed by atoms with Gasteiger partial charge < -0.3 is 9.84 Å². The molecule has 2 fully saturated rings. The Hall–Kier alpha value is -2.67. The number of aromatic nitrogens is 1. The maximum Gasteiger partial charge on any atom is 0.418 e. The number of rotatable bonds is 2. The van der Waals surface area contributed by atoms with E-state index in [-0.39, 0.29) is 23.7 Å². The van der Waals surface area contributed by atoms with E-state index in [0.29, 0.717) is 11.1 Å². The van der Waals surface area contributed by atoms with Crippen LogP contribution in [0.3, 0.4) is 0 Å². The largest absolute Gasteiger partial charge is 0.511 e. The first kappa shape index (κ1) is 20.2. The number of pyridine rings is 1. The molecule has 0 radical (unpaired) electrons. The maximum atomic E-state index is 13.6. The highest BCUT2D eigenvalue weighted by Crippen LogP contribution is 2.58. The Labute approximate surface area is 177 Å². The number of benzene rings is 1. The third-order valence-corrected chi connectivity index (χ3v) is 6.90. The predicted octanol–water partition coefficient (Wildman–Crippen LogP) is 5.06. The molecule has 2 bridgehead atoms. The van der Waals surface area contributed by atoms with Crippen LogP contribution in [0.5, 0.6) is 0 Å². The van der Waals surface area contributed by atoms with E-state index in [9.17, 15) is 23.1 Å². The standard InChI is InChI=1S/C24H22F3NO3/c1-10-7-11(2)16(12(3)8-10)18-21(29)17-15-9-13(23(31-15)19(17)22(18)30)20-14(24(25,26)27)5-4-6-28-20/h4-8,13,15,17,19,23,30H,9H2,1-3H3/t13?,15?,17-,19+,23?/m0/s1. The molecule has 5 rings (SSSR count). The first-order chi connectivity index (χ1) is 14.6. The second kappa shape index (κ2) is 6.66. The zero-order valence-electron chi connectivity index (χ0n) is 17.3. The van der Waals surface area contributed by atoms with Crippen molar-refractivity contribution in [1.82, 2.24) is 4.98 Å². The van der Waals surface area contributed by atoms with Gasteiger partial charge in [-0.2, -0.15) is 13.2 Å². The lowest BCUT2D eigenvalue weighted by molar-refractivity contribution is -0.139. The van der Waals surface area contributed by atoms with Crippen molar-refractivity contribution in [3.05, 3.63) is 69.7 Å². The fourth-order valence-corrected chi connectivity index (χ4v) is 5.90. The zero-order valence-corrected chi connectivity index (χ0v) is 17.3. The van der Waals surface area contributed by atoms with Crippen LogP contribution in [-0.2, 0) is 15.7 Å². The van der Waals surface area contributed by atoms with E-state index < -0.39 is 41.7 Å². The number of fused-ring (bicyclic) bond motifs is 5. The van der Waals surface area contributed by atoms with E-state index in [0.717, 1.165) is 22.8 Å². The summed E-state index contributed by atoms with van der Waals surface area (Å²) in [6.07, 6.45) is -4.15. The second-order valence-electron chi connectivity index (χ2n) is 8.87. The average Bonchev–Trinajstić information content (AvgIpc) is 3.34. The van der Waals surface area contributed by atoms with Gasteiger partial charge in [-0.25, -0.2) is 0 Å². The molecule has 5 atom stereocenters. The number of carbonyl (C=O) groups excluding carboxylic acids is 1. The number of allylic oxidation sites excluding steroid dienone is 1.